The smallest absolute Gasteiger partial charge is 0.254 e. The summed E-state index contributed by atoms with van der Waals surface area (Å²) in [5, 5.41) is 5.79. The minimum Gasteiger partial charge on any atom is -0.347 e. The summed E-state index contributed by atoms with van der Waals surface area (Å²) in [6, 6.07) is 10.2. The van der Waals surface area contributed by atoms with Crippen molar-refractivity contribution in [3.05, 3.63) is 47.8 Å². The number of piperidine rings is 1. The Balaban J connectivity index is 1.29. The van der Waals surface area contributed by atoms with Crippen LogP contribution in [0.5, 0.6) is 0 Å². The third kappa shape index (κ3) is 3.83. The van der Waals surface area contributed by atoms with Crippen LogP contribution in [0.4, 0.5) is 5.13 Å². The van der Waals surface area contributed by atoms with Gasteiger partial charge in [-0.1, -0.05) is 42.4 Å². The molecule has 6 nitrogen and oxygen atoms in total. The number of amides is 1. The lowest BCUT2D eigenvalue weighted by Gasteiger charge is -2.40. The highest BCUT2D eigenvalue weighted by molar-refractivity contribution is 7.20. The fourth-order valence-electron chi connectivity index (χ4n) is 5.02. The molecule has 0 radical (unpaired) electrons. The first-order valence-electron chi connectivity index (χ1n) is 11.1. The van der Waals surface area contributed by atoms with Gasteiger partial charge in [-0.3, -0.25) is 4.79 Å². The minimum absolute atomic E-state index is 0.210. The van der Waals surface area contributed by atoms with Crippen molar-refractivity contribution in [3.63, 3.8) is 0 Å². The highest BCUT2D eigenvalue weighted by Crippen LogP contribution is 2.33. The van der Waals surface area contributed by atoms with Crippen LogP contribution in [0.3, 0.4) is 0 Å². The molecule has 1 unspecified atom stereocenters. The maximum Gasteiger partial charge on any atom is 0.254 e. The van der Waals surface area contributed by atoms with Gasteiger partial charge in [0.05, 0.1) is 11.9 Å². The zero-order valence-corrected chi connectivity index (χ0v) is 18.4. The summed E-state index contributed by atoms with van der Waals surface area (Å²) in [4.78, 5) is 23.4. The van der Waals surface area contributed by atoms with Crippen LogP contribution in [0.15, 0.2) is 36.5 Å². The molecule has 0 spiro atoms. The van der Waals surface area contributed by atoms with E-state index in [2.05, 4.69) is 14.8 Å². The average Bonchev–Trinajstić information content (AvgIpc) is 3.21. The van der Waals surface area contributed by atoms with Crippen LogP contribution in [0.25, 0.3) is 4.96 Å². The Morgan fingerprint density at radius 2 is 1.83 bits per heavy atom. The van der Waals surface area contributed by atoms with Gasteiger partial charge in [-0.15, -0.1) is 5.10 Å². The van der Waals surface area contributed by atoms with Gasteiger partial charge in [0.1, 0.15) is 0 Å². The average molecular weight is 424 g/mol. The maximum absolute atomic E-state index is 13.3. The zero-order valence-electron chi connectivity index (χ0n) is 17.5. The summed E-state index contributed by atoms with van der Waals surface area (Å²) in [7, 11) is 0. The Kier molecular flexibility index (Phi) is 5.46. The quantitative estimate of drug-likeness (QED) is 0.627. The molecule has 3 aromatic rings. The van der Waals surface area contributed by atoms with Gasteiger partial charge in [-0.25, -0.2) is 9.50 Å². The van der Waals surface area contributed by atoms with Gasteiger partial charge in [-0.2, -0.15) is 0 Å². The van der Waals surface area contributed by atoms with Gasteiger partial charge in [0.15, 0.2) is 0 Å². The Morgan fingerprint density at radius 3 is 2.60 bits per heavy atom. The molecule has 2 aliphatic rings. The first kappa shape index (κ1) is 19.5. The van der Waals surface area contributed by atoms with E-state index in [4.69, 9.17) is 5.10 Å². The van der Waals surface area contributed by atoms with Gasteiger partial charge in [-0.05, 0) is 50.7 Å². The van der Waals surface area contributed by atoms with Crippen LogP contribution in [-0.2, 0) is 0 Å². The number of hydrogen-bond donors (Lipinski definition) is 0. The minimum atomic E-state index is 0.210. The number of carbonyl (C=O) groups excluding carboxylic acids is 1. The van der Waals surface area contributed by atoms with E-state index in [1.165, 1.54) is 12.8 Å². The molecule has 2 saturated heterocycles. The van der Waals surface area contributed by atoms with Gasteiger partial charge < -0.3 is 9.80 Å². The highest BCUT2D eigenvalue weighted by atomic mass is 32.1. The molecule has 2 aromatic heterocycles. The molecule has 0 N–H and O–H groups in total. The Hall–Kier alpha value is -2.41. The number of nitrogens with zero attached hydrogens (tertiary/aromatic N) is 5. The molecule has 2 aliphatic heterocycles. The van der Waals surface area contributed by atoms with Crippen LogP contribution >= 0.6 is 11.3 Å². The second-order valence-corrected chi connectivity index (χ2v) is 9.53. The Labute approximate surface area is 181 Å². The molecule has 0 aliphatic carbocycles. The summed E-state index contributed by atoms with van der Waals surface area (Å²) >= 11 is 1.67. The van der Waals surface area contributed by atoms with Crippen molar-refractivity contribution in [2.45, 2.75) is 51.5 Å². The first-order chi connectivity index (χ1) is 14.7. The van der Waals surface area contributed by atoms with Crippen LogP contribution < -0.4 is 4.90 Å². The SMILES string of the molecule is Cc1cn2nc(N3CCC(C4CCCCCN4C(=O)c4ccccc4)CC3)sc2n1. The number of benzene rings is 1. The number of imidazole rings is 1. The highest BCUT2D eigenvalue weighted by Gasteiger charge is 2.34. The lowest BCUT2D eigenvalue weighted by atomic mass is 9.86. The fourth-order valence-corrected chi connectivity index (χ4v) is 6.01. The van der Waals surface area contributed by atoms with E-state index in [0.717, 1.165) is 66.7 Å². The number of carbonyl (C=O) groups is 1. The number of fused-ring (bicyclic) bond motifs is 1. The molecule has 7 heteroatoms. The maximum atomic E-state index is 13.3. The molecule has 1 amide bonds. The molecule has 158 valence electrons. The van der Waals surface area contributed by atoms with Crippen molar-refractivity contribution in [2.24, 2.45) is 5.92 Å². The number of rotatable bonds is 3. The third-order valence-corrected chi connectivity index (χ3v) is 7.57. The number of aromatic nitrogens is 3. The van der Waals surface area contributed by atoms with Gasteiger partial charge >= 0.3 is 0 Å². The molecule has 0 saturated carbocycles. The molecular weight excluding hydrogens is 394 g/mol. The summed E-state index contributed by atoms with van der Waals surface area (Å²) < 4.78 is 1.90. The number of aryl methyl sites for hydroxylation is 1. The van der Waals surface area contributed by atoms with Crippen LogP contribution in [-0.4, -0.2) is 51.1 Å². The van der Waals surface area contributed by atoms with E-state index >= 15 is 0 Å². The molecule has 5 rings (SSSR count). The predicted octanol–water partition coefficient (Wildman–Crippen LogP) is 4.40. The molecule has 1 aromatic carbocycles. The summed E-state index contributed by atoms with van der Waals surface area (Å²) in [5.41, 5.74) is 1.83. The van der Waals surface area contributed by atoms with Crippen molar-refractivity contribution in [3.8, 4) is 0 Å². The van der Waals surface area contributed by atoms with Crippen LogP contribution in [0.2, 0.25) is 0 Å². The summed E-state index contributed by atoms with van der Waals surface area (Å²) in [6.45, 7) is 4.90. The van der Waals surface area contributed by atoms with E-state index in [1.807, 2.05) is 48.0 Å². The van der Waals surface area contributed by atoms with Gasteiger partial charge in [0, 0.05) is 31.2 Å². The van der Waals surface area contributed by atoms with Crippen molar-refractivity contribution in [2.75, 3.05) is 24.5 Å². The Bertz CT molecular complexity index is 974. The standard InChI is InChI=1S/C23H29N5OS/c1-17-16-28-22(24-17)30-23(25-28)26-14-11-18(12-15-26)20-10-6-3-7-13-27(20)21(29)19-8-4-2-5-9-19/h2,4-5,8-9,16,18,20H,3,6-7,10-15H2,1H3. The third-order valence-electron chi connectivity index (χ3n) is 6.59. The van der Waals surface area contributed by atoms with Gasteiger partial charge in [0.25, 0.3) is 5.91 Å². The van der Waals surface area contributed by atoms with E-state index in [0.29, 0.717) is 12.0 Å². The summed E-state index contributed by atoms with van der Waals surface area (Å²) in [6.07, 6.45) is 8.92. The van der Waals surface area contributed by atoms with Crippen molar-refractivity contribution in [1.82, 2.24) is 19.5 Å². The first-order valence-corrected chi connectivity index (χ1v) is 11.9. The van der Waals surface area contributed by atoms with Crippen molar-refractivity contribution < 1.29 is 4.79 Å². The second kappa shape index (κ2) is 8.38. The van der Waals surface area contributed by atoms with E-state index < -0.39 is 0 Å². The normalized spacial score (nSPS) is 21.2. The van der Waals surface area contributed by atoms with E-state index in [-0.39, 0.29) is 5.91 Å². The molecule has 30 heavy (non-hydrogen) atoms. The largest absolute Gasteiger partial charge is 0.347 e. The van der Waals surface area contributed by atoms with Gasteiger partial charge in [0.2, 0.25) is 10.1 Å². The number of likely N-dealkylation sites (tertiary alicyclic amines) is 1. The number of anilines is 1. The number of hydrogen-bond acceptors (Lipinski definition) is 5. The molecule has 4 heterocycles. The lowest BCUT2D eigenvalue weighted by Crippen LogP contribution is -2.48. The molecular formula is C23H29N5OS. The molecule has 0 bridgehead atoms. The Morgan fingerprint density at radius 1 is 1.03 bits per heavy atom. The van der Waals surface area contributed by atoms with Crippen molar-refractivity contribution >= 4 is 27.3 Å². The van der Waals surface area contributed by atoms with E-state index in [9.17, 15) is 4.79 Å². The predicted molar refractivity (Wildman–Crippen MR) is 120 cm³/mol. The molecule has 1 atom stereocenters. The topological polar surface area (TPSA) is 53.7 Å². The van der Waals surface area contributed by atoms with Crippen molar-refractivity contribution in [1.29, 1.82) is 0 Å². The van der Waals surface area contributed by atoms with Crippen LogP contribution in [0.1, 0.15) is 54.6 Å². The summed E-state index contributed by atoms with van der Waals surface area (Å²) in [5.74, 6) is 0.778. The second-order valence-electron chi connectivity index (χ2n) is 8.60. The van der Waals surface area contributed by atoms with E-state index in [1.54, 1.807) is 11.3 Å². The fraction of sp³-hybridized carbons (Fsp3) is 0.522. The van der Waals surface area contributed by atoms with Crippen LogP contribution in [0, 0.1) is 12.8 Å². The molecule has 2 fully saturated rings. The monoisotopic (exact) mass is 423 g/mol. The zero-order chi connectivity index (χ0) is 20.5. The lowest BCUT2D eigenvalue weighted by molar-refractivity contribution is 0.0588.